The van der Waals surface area contributed by atoms with E-state index in [2.05, 4.69) is 27.1 Å². The third-order valence-corrected chi connectivity index (χ3v) is 6.98. The highest BCUT2D eigenvalue weighted by atomic mass is 79.9. The van der Waals surface area contributed by atoms with Crippen LogP contribution in [0.15, 0.2) is 51.8 Å². The molecule has 0 aliphatic carbocycles. The van der Waals surface area contributed by atoms with Crippen LogP contribution in [0.25, 0.3) is 0 Å². The zero-order valence-corrected chi connectivity index (χ0v) is 16.5. The number of hydrogen-bond acceptors (Lipinski definition) is 3. The van der Waals surface area contributed by atoms with Crippen LogP contribution in [0.3, 0.4) is 0 Å². The average Bonchev–Trinajstić information content (AvgIpc) is 2.98. The normalized spacial score (nSPS) is 22.4. The predicted molar refractivity (Wildman–Crippen MR) is 105 cm³/mol. The third kappa shape index (κ3) is 4.21. The first-order valence-electron chi connectivity index (χ1n) is 7.99. The first kappa shape index (κ1) is 19.9. The highest BCUT2D eigenvalue weighted by molar-refractivity contribution is 9.10. The number of amides is 1. The van der Waals surface area contributed by atoms with Gasteiger partial charge in [-0.15, -0.1) is 0 Å². The zero-order chi connectivity index (χ0) is 19.8. The van der Waals surface area contributed by atoms with Gasteiger partial charge >= 0.3 is 0 Å². The number of β-amino-alcohol motifs (C(OH)–C–C–N with tert-alkyl or cyclic N) is 1. The lowest BCUT2D eigenvalue weighted by molar-refractivity contribution is 0.102. The maximum atomic E-state index is 13.6. The van der Waals surface area contributed by atoms with E-state index in [4.69, 9.17) is 0 Å². The highest BCUT2D eigenvalue weighted by Crippen LogP contribution is 2.24. The minimum absolute atomic E-state index is 0.0937. The molecule has 1 fully saturated rings. The summed E-state index contributed by atoms with van der Waals surface area (Å²) in [6, 6.07) is 10.1. The Morgan fingerprint density at radius 2 is 2.04 bits per heavy atom. The summed E-state index contributed by atoms with van der Waals surface area (Å²) in [5.74, 6) is 2.76. The van der Waals surface area contributed by atoms with Crippen molar-refractivity contribution in [1.82, 2.24) is 4.31 Å². The number of aliphatic hydroxyl groups is 1. The van der Waals surface area contributed by atoms with Crippen LogP contribution >= 0.6 is 15.9 Å². The molecule has 1 amide bonds. The van der Waals surface area contributed by atoms with E-state index in [1.165, 1.54) is 34.6 Å². The first-order chi connectivity index (χ1) is 12.7. The number of aliphatic hydroxyl groups excluding tert-OH is 1. The molecule has 9 heteroatoms. The lowest BCUT2D eigenvalue weighted by Crippen LogP contribution is -2.29. The van der Waals surface area contributed by atoms with Crippen LogP contribution in [0.4, 0.5) is 14.5 Å². The number of carbonyl (C=O) groups excluding carboxylic acids is 1. The summed E-state index contributed by atoms with van der Waals surface area (Å²) in [4.78, 5) is 12.7. The molecule has 1 aliphatic rings. The van der Waals surface area contributed by atoms with Crippen LogP contribution in [-0.2, 0) is 9.71 Å². The Kier molecular flexibility index (Phi) is 5.66. The molecule has 1 aliphatic heterocycles. The molecule has 2 N–H and O–H groups in total. The molecular weight excluding hydrogens is 442 g/mol. The summed E-state index contributed by atoms with van der Waals surface area (Å²) in [5.41, 5.74) is 0.609. The van der Waals surface area contributed by atoms with Gasteiger partial charge in [0, 0.05) is 29.2 Å². The van der Waals surface area contributed by atoms with Crippen molar-refractivity contribution in [2.45, 2.75) is 17.2 Å². The molecule has 0 aromatic heterocycles. The monoisotopic (exact) mass is 458 g/mol. The number of alkyl halides is 1. The molecule has 1 heterocycles. The van der Waals surface area contributed by atoms with Crippen LogP contribution < -0.4 is 5.32 Å². The quantitative estimate of drug-likeness (QED) is 0.692. The van der Waals surface area contributed by atoms with Crippen LogP contribution in [-0.4, -0.2) is 50.8 Å². The fourth-order valence-corrected chi connectivity index (χ4v) is 4.77. The van der Waals surface area contributed by atoms with Gasteiger partial charge < -0.3 is 10.4 Å². The van der Waals surface area contributed by atoms with Crippen molar-refractivity contribution >= 4 is 43.1 Å². The van der Waals surface area contributed by atoms with Crippen molar-refractivity contribution in [3.8, 4) is 0 Å². The third-order valence-electron chi connectivity index (χ3n) is 4.25. The molecule has 0 saturated carbocycles. The topological polar surface area (TPSA) is 69.6 Å². The van der Waals surface area contributed by atoms with Crippen LogP contribution in [0.1, 0.15) is 10.4 Å². The van der Waals surface area contributed by atoms with Gasteiger partial charge in [-0.3, -0.25) is 4.79 Å². The second-order valence-corrected chi connectivity index (χ2v) is 9.30. The maximum absolute atomic E-state index is 13.6. The zero-order valence-electron chi connectivity index (χ0n) is 14.1. The van der Waals surface area contributed by atoms with Gasteiger partial charge in [-0.25, -0.2) is 17.3 Å². The molecule has 5 nitrogen and oxygen atoms in total. The minimum Gasteiger partial charge on any atom is -0.389 e. The molecule has 0 bridgehead atoms. The van der Waals surface area contributed by atoms with Gasteiger partial charge in [-0.05, 0) is 58.2 Å². The molecule has 2 aromatic carbocycles. The smallest absolute Gasteiger partial charge is 0.255 e. The summed E-state index contributed by atoms with van der Waals surface area (Å²) in [7, 11) is -3.05. The Bertz CT molecular complexity index is 974. The highest BCUT2D eigenvalue weighted by Gasteiger charge is 2.35. The summed E-state index contributed by atoms with van der Waals surface area (Å²) in [5, 5.41) is 12.2. The van der Waals surface area contributed by atoms with Gasteiger partial charge in [0.05, 0.1) is 14.2 Å². The molecule has 3 atom stereocenters. The molecule has 2 aromatic rings. The van der Waals surface area contributed by atoms with E-state index in [0.717, 1.165) is 0 Å². The molecule has 27 heavy (non-hydrogen) atoms. The largest absolute Gasteiger partial charge is 0.389 e. The van der Waals surface area contributed by atoms with Crippen molar-refractivity contribution in [2.24, 2.45) is 0 Å². The molecule has 3 rings (SSSR count). The Morgan fingerprint density at radius 3 is 2.67 bits per heavy atom. The fraction of sp³-hybridized carbons (Fsp3) is 0.222. The number of nitrogens with zero attached hydrogens (tertiary/aromatic N) is 1. The Labute approximate surface area is 164 Å². The van der Waals surface area contributed by atoms with E-state index in [9.17, 15) is 22.9 Å². The Morgan fingerprint density at radius 1 is 1.30 bits per heavy atom. The van der Waals surface area contributed by atoms with E-state index in [-0.39, 0.29) is 28.0 Å². The second-order valence-electron chi connectivity index (χ2n) is 6.18. The van der Waals surface area contributed by atoms with Crippen molar-refractivity contribution in [3.05, 3.63) is 58.3 Å². The SMILES string of the molecule is C=S(=O)(c1cccc(C(=O)Nc2ccc(F)c(Br)c2)c1)N1CC(O)C(F)C1. The number of anilines is 1. The number of nitrogens with one attached hydrogen (secondary N) is 1. The number of halogens is 3. The van der Waals surface area contributed by atoms with Gasteiger partial charge in [0.25, 0.3) is 5.91 Å². The predicted octanol–water partition coefficient (Wildman–Crippen LogP) is 2.85. The van der Waals surface area contributed by atoms with E-state index in [0.29, 0.717) is 5.69 Å². The van der Waals surface area contributed by atoms with E-state index >= 15 is 0 Å². The van der Waals surface area contributed by atoms with E-state index < -0.39 is 33.7 Å². The number of benzene rings is 2. The maximum Gasteiger partial charge on any atom is 0.255 e. The fourth-order valence-electron chi connectivity index (χ4n) is 2.72. The second kappa shape index (κ2) is 7.67. The summed E-state index contributed by atoms with van der Waals surface area (Å²) >= 11 is 3.05. The Hall–Kier alpha value is -1.81. The lowest BCUT2D eigenvalue weighted by Gasteiger charge is -2.21. The van der Waals surface area contributed by atoms with Gasteiger partial charge in [0.1, 0.15) is 18.1 Å². The summed E-state index contributed by atoms with van der Waals surface area (Å²) < 4.78 is 41.4. The molecule has 144 valence electrons. The van der Waals surface area contributed by atoms with Gasteiger partial charge in [-0.1, -0.05) is 6.07 Å². The van der Waals surface area contributed by atoms with Crippen LogP contribution in [0.2, 0.25) is 0 Å². The summed E-state index contributed by atoms with van der Waals surface area (Å²) in [6.07, 6.45) is -2.70. The molecule has 0 spiro atoms. The average molecular weight is 459 g/mol. The van der Waals surface area contributed by atoms with Crippen LogP contribution in [0, 0.1) is 5.82 Å². The van der Waals surface area contributed by atoms with E-state index in [1.807, 2.05) is 0 Å². The van der Waals surface area contributed by atoms with E-state index in [1.54, 1.807) is 12.1 Å². The number of rotatable bonds is 4. The van der Waals surface area contributed by atoms with Crippen molar-refractivity contribution < 1.29 is 22.9 Å². The van der Waals surface area contributed by atoms with Gasteiger partial charge in [0.15, 0.2) is 0 Å². The number of hydrogen-bond donors (Lipinski definition) is 2. The molecule has 0 radical (unpaired) electrons. The van der Waals surface area contributed by atoms with Gasteiger partial charge in [0.2, 0.25) is 0 Å². The Balaban J connectivity index is 1.82. The van der Waals surface area contributed by atoms with Gasteiger partial charge in [-0.2, -0.15) is 0 Å². The molecule has 1 saturated heterocycles. The number of carbonyl (C=O) groups is 1. The van der Waals surface area contributed by atoms with Crippen molar-refractivity contribution in [3.63, 3.8) is 0 Å². The van der Waals surface area contributed by atoms with Crippen molar-refractivity contribution in [2.75, 3.05) is 18.4 Å². The minimum atomic E-state index is -3.05. The lowest BCUT2D eigenvalue weighted by atomic mass is 10.2. The molecule has 3 unspecified atom stereocenters. The summed E-state index contributed by atoms with van der Waals surface area (Å²) in [6.45, 7) is -0.285. The van der Waals surface area contributed by atoms with Crippen molar-refractivity contribution in [1.29, 1.82) is 0 Å². The first-order valence-corrected chi connectivity index (χ1v) is 10.5. The molecular formula is C18H17BrF2N2O3S. The standard InChI is InChI=1S/C18H17BrF2N2O3S/c1-27(26,23-9-16(21)17(24)10-23)13-4-2-3-11(7-13)18(25)22-12-5-6-15(20)14(19)8-12/h2-8,16-17,24H,1,9-10H2,(H,22,25). The van der Waals surface area contributed by atoms with Crippen LogP contribution in [0.5, 0.6) is 0 Å².